The molecule has 3 aliphatic heterocycles. The van der Waals surface area contributed by atoms with Gasteiger partial charge in [0.25, 0.3) is 5.56 Å². The van der Waals surface area contributed by atoms with E-state index in [-0.39, 0.29) is 22.9 Å². The van der Waals surface area contributed by atoms with Gasteiger partial charge in [0.1, 0.15) is 23.6 Å². The first-order chi connectivity index (χ1) is 16.6. The molecular formula is C22H21F3N8O2. The largest absolute Gasteiger partial charge is 0.417 e. The lowest BCUT2D eigenvalue weighted by Gasteiger charge is -2.23. The third-order valence-corrected chi connectivity index (χ3v) is 6.18. The predicted molar refractivity (Wildman–Crippen MR) is 121 cm³/mol. The number of aromatic amines is 1. The zero-order chi connectivity index (χ0) is 25.0. The molecule has 5 heterocycles. The molecule has 2 aromatic rings. The Morgan fingerprint density at radius 3 is 2.71 bits per heavy atom. The molecule has 182 valence electrons. The van der Waals surface area contributed by atoms with E-state index in [2.05, 4.69) is 42.6 Å². The van der Waals surface area contributed by atoms with Gasteiger partial charge in [-0.05, 0) is 31.9 Å². The van der Waals surface area contributed by atoms with Crippen molar-refractivity contribution in [3.8, 4) is 0 Å². The third kappa shape index (κ3) is 3.71. The lowest BCUT2D eigenvalue weighted by atomic mass is 9.81. The number of hydrogen-bond donors (Lipinski definition) is 3. The van der Waals surface area contributed by atoms with Crippen LogP contribution in [0.5, 0.6) is 0 Å². The molecule has 0 radical (unpaired) electrons. The van der Waals surface area contributed by atoms with Gasteiger partial charge in [-0.25, -0.2) is 20.4 Å². The second kappa shape index (κ2) is 8.12. The maximum Gasteiger partial charge on any atom is 0.417 e. The first-order valence-electron chi connectivity index (χ1n) is 11.0. The lowest BCUT2D eigenvalue weighted by Crippen LogP contribution is -2.39. The maximum atomic E-state index is 13.2. The van der Waals surface area contributed by atoms with Crippen LogP contribution in [0.2, 0.25) is 0 Å². The molecule has 3 N–H and O–H groups in total. The Morgan fingerprint density at radius 1 is 1.23 bits per heavy atom. The number of rotatable bonds is 5. The lowest BCUT2D eigenvalue weighted by molar-refractivity contribution is -0.137. The molecule has 1 unspecified atom stereocenters. The second-order valence-corrected chi connectivity index (χ2v) is 8.49. The molecule has 0 saturated carbocycles. The molecule has 1 amide bonds. The summed E-state index contributed by atoms with van der Waals surface area (Å²) in [5.41, 5.74) is 0.996. The fourth-order valence-corrected chi connectivity index (χ4v) is 4.24. The summed E-state index contributed by atoms with van der Waals surface area (Å²) in [6.07, 6.45) is 0.281. The third-order valence-electron chi connectivity index (χ3n) is 6.18. The first-order valence-corrected chi connectivity index (χ1v) is 11.0. The van der Waals surface area contributed by atoms with Crippen molar-refractivity contribution in [3.63, 3.8) is 0 Å². The van der Waals surface area contributed by atoms with E-state index in [0.717, 1.165) is 30.7 Å². The number of hydrogen-bond acceptors (Lipinski definition) is 8. The number of carbonyl (C=O) groups is 1. The Labute approximate surface area is 197 Å². The molecule has 0 saturated heterocycles. The van der Waals surface area contributed by atoms with Crippen molar-refractivity contribution in [2.45, 2.75) is 44.7 Å². The van der Waals surface area contributed by atoms with Gasteiger partial charge >= 0.3 is 6.18 Å². The number of halogens is 3. The second-order valence-electron chi connectivity index (χ2n) is 8.49. The number of anilines is 1. The average Bonchev–Trinajstić information content (AvgIpc) is 3.40. The van der Waals surface area contributed by atoms with E-state index in [1.165, 1.54) is 6.92 Å². The molecule has 5 rings (SSSR count). The van der Waals surface area contributed by atoms with Crippen LogP contribution in [0, 0.1) is 0 Å². The first kappa shape index (κ1) is 22.9. The van der Waals surface area contributed by atoms with Crippen molar-refractivity contribution in [3.05, 3.63) is 57.5 Å². The minimum atomic E-state index is -4.57. The van der Waals surface area contributed by atoms with Crippen molar-refractivity contribution in [2.75, 3.05) is 12.0 Å². The van der Waals surface area contributed by atoms with E-state index in [1.807, 2.05) is 0 Å². The number of fused-ring (bicyclic) bond motifs is 2. The summed E-state index contributed by atoms with van der Waals surface area (Å²) < 4.78 is 38.9. The standard InChI is InChI=1S/C22H21F3N8O2/c1-3-4-5-12-18-27-10-28-33(18)9-13(29-12)16-30-17-15(19(34)31-16)21(2,20(35)32-17)14-7-6-11(8-26-14)22(23,24)25/h6-9,28H,3-5,10H2,1-2H3,(H2,30,31,32,34,35). The molecule has 0 aromatic carbocycles. The van der Waals surface area contributed by atoms with Gasteiger partial charge in [-0.2, -0.15) is 13.2 Å². The highest BCUT2D eigenvalue weighted by atomic mass is 19.4. The number of hydrazine groups is 1. The van der Waals surface area contributed by atoms with Crippen LogP contribution in [-0.2, 0) is 16.4 Å². The van der Waals surface area contributed by atoms with E-state index in [4.69, 9.17) is 0 Å². The van der Waals surface area contributed by atoms with Crippen LogP contribution < -0.4 is 16.3 Å². The highest BCUT2D eigenvalue weighted by Gasteiger charge is 2.49. The molecule has 3 aliphatic rings. The fraction of sp³-hybridized carbons (Fsp3) is 0.364. The molecule has 2 aromatic heterocycles. The monoisotopic (exact) mass is 486 g/mol. The van der Waals surface area contributed by atoms with Crippen LogP contribution in [0.1, 0.15) is 55.8 Å². The number of pyridine rings is 1. The smallest absolute Gasteiger partial charge is 0.309 e. The number of amidine groups is 1. The van der Waals surface area contributed by atoms with Gasteiger partial charge in [0.05, 0.1) is 28.7 Å². The summed E-state index contributed by atoms with van der Waals surface area (Å²) in [7, 11) is 0. The molecule has 0 bridgehead atoms. The molecule has 0 spiro atoms. The molecule has 35 heavy (non-hydrogen) atoms. The minimum absolute atomic E-state index is 0.000625. The topological polar surface area (TPSA) is 128 Å². The van der Waals surface area contributed by atoms with Crippen LogP contribution in [-0.4, -0.2) is 44.1 Å². The van der Waals surface area contributed by atoms with E-state index < -0.39 is 28.6 Å². The van der Waals surface area contributed by atoms with E-state index >= 15 is 0 Å². The normalized spacial score (nSPS) is 21.2. The van der Waals surface area contributed by atoms with Crippen LogP contribution in [0.15, 0.2) is 39.3 Å². The Bertz CT molecular complexity index is 1360. The summed E-state index contributed by atoms with van der Waals surface area (Å²) >= 11 is 0. The number of nitrogens with zero attached hydrogens (tertiary/aromatic N) is 5. The van der Waals surface area contributed by atoms with Gasteiger partial charge < -0.3 is 10.3 Å². The van der Waals surface area contributed by atoms with Gasteiger partial charge in [0.2, 0.25) is 5.91 Å². The predicted octanol–water partition coefficient (Wildman–Crippen LogP) is 2.56. The Hall–Kier alpha value is -3.87. The molecular weight excluding hydrogens is 465 g/mol. The molecule has 1 atom stereocenters. The van der Waals surface area contributed by atoms with E-state index in [9.17, 15) is 22.8 Å². The Morgan fingerprint density at radius 2 is 2.03 bits per heavy atom. The molecule has 0 aliphatic carbocycles. The molecule has 13 heteroatoms. The number of unbranched alkanes of at least 4 members (excludes halogenated alkanes) is 1. The summed E-state index contributed by atoms with van der Waals surface area (Å²) in [6.45, 7) is 3.89. The van der Waals surface area contributed by atoms with Crippen molar-refractivity contribution >= 4 is 29.0 Å². The number of aromatic nitrogens is 3. The Balaban J connectivity index is 1.55. The number of aliphatic imine (C=N–C) groups is 2. The van der Waals surface area contributed by atoms with E-state index in [0.29, 0.717) is 30.8 Å². The number of H-pyrrole nitrogens is 1. The highest BCUT2D eigenvalue weighted by Crippen LogP contribution is 2.40. The number of nitrogens with one attached hydrogen (secondary N) is 3. The van der Waals surface area contributed by atoms with Crippen molar-refractivity contribution in [2.24, 2.45) is 9.98 Å². The van der Waals surface area contributed by atoms with Gasteiger partial charge in [0, 0.05) is 6.20 Å². The number of alkyl halides is 3. The summed E-state index contributed by atoms with van der Waals surface area (Å²) in [5.74, 6) is 0.244. The maximum absolute atomic E-state index is 13.2. The van der Waals surface area contributed by atoms with Crippen LogP contribution in [0.3, 0.4) is 0 Å². The molecule has 10 nitrogen and oxygen atoms in total. The average molecular weight is 486 g/mol. The number of amides is 1. The summed E-state index contributed by atoms with van der Waals surface area (Å²) in [6, 6.07) is 1.93. The van der Waals surface area contributed by atoms with Gasteiger partial charge in [-0.1, -0.05) is 13.3 Å². The number of carbonyl (C=O) groups excluding carboxylic acids is 1. The quantitative estimate of drug-likeness (QED) is 0.596. The summed E-state index contributed by atoms with van der Waals surface area (Å²) in [4.78, 5) is 46.2. The van der Waals surface area contributed by atoms with Gasteiger partial charge in [0.15, 0.2) is 11.7 Å². The van der Waals surface area contributed by atoms with Gasteiger partial charge in [-0.15, -0.1) is 0 Å². The van der Waals surface area contributed by atoms with Crippen molar-refractivity contribution < 1.29 is 18.0 Å². The zero-order valence-electron chi connectivity index (χ0n) is 18.8. The summed E-state index contributed by atoms with van der Waals surface area (Å²) in [5, 5.41) is 4.30. The van der Waals surface area contributed by atoms with Gasteiger partial charge in [-0.3, -0.25) is 19.6 Å². The SMILES string of the molecule is CCCCC1=NC(c2nc3c(c(=O)[nH]2)C(C)(c2ccc(C(F)(F)F)cn2)C(=O)N3)=CN2NCN=C12. The van der Waals surface area contributed by atoms with Crippen LogP contribution in [0.25, 0.3) is 5.70 Å². The van der Waals surface area contributed by atoms with Crippen molar-refractivity contribution in [1.29, 1.82) is 0 Å². The molecule has 0 fully saturated rings. The van der Waals surface area contributed by atoms with E-state index in [1.54, 1.807) is 11.2 Å². The highest BCUT2D eigenvalue weighted by molar-refractivity contribution is 6.43. The Kier molecular flexibility index (Phi) is 5.31. The zero-order valence-corrected chi connectivity index (χ0v) is 18.8. The fourth-order valence-electron chi connectivity index (χ4n) is 4.24. The van der Waals surface area contributed by atoms with Crippen LogP contribution in [0.4, 0.5) is 19.0 Å². The van der Waals surface area contributed by atoms with Crippen LogP contribution >= 0.6 is 0 Å². The van der Waals surface area contributed by atoms with Crippen molar-refractivity contribution in [1.82, 2.24) is 25.4 Å². The minimum Gasteiger partial charge on any atom is -0.309 e.